The Balaban J connectivity index is 2.91. The molecule has 1 atom stereocenters. The van der Waals surface area contributed by atoms with E-state index in [1.165, 1.54) is 6.42 Å². The van der Waals surface area contributed by atoms with Crippen LogP contribution in [0.5, 0.6) is 0 Å². The van der Waals surface area contributed by atoms with Crippen molar-refractivity contribution < 1.29 is 24.5 Å². The zero-order valence-corrected chi connectivity index (χ0v) is 18.9. The maximum atomic E-state index is 12.2. The van der Waals surface area contributed by atoms with E-state index in [1.807, 2.05) is 0 Å². The van der Waals surface area contributed by atoms with Gasteiger partial charge in [-0.3, -0.25) is 14.6 Å². The summed E-state index contributed by atoms with van der Waals surface area (Å²) in [5.74, 6) is -1.91. The Bertz CT molecular complexity index is 659. The molecule has 30 heavy (non-hydrogen) atoms. The smallest absolute Gasteiger partial charge is 0.311 e. The minimum absolute atomic E-state index is 0.0267. The first-order valence-electron chi connectivity index (χ1n) is 11.4. The van der Waals surface area contributed by atoms with Gasteiger partial charge in [0, 0.05) is 29.4 Å². The second kappa shape index (κ2) is 14.9. The van der Waals surface area contributed by atoms with E-state index < -0.39 is 11.9 Å². The van der Waals surface area contributed by atoms with Crippen LogP contribution in [0, 0.1) is 6.92 Å². The van der Waals surface area contributed by atoms with Crippen molar-refractivity contribution in [1.29, 1.82) is 0 Å². The molecule has 0 amide bonds. The van der Waals surface area contributed by atoms with Gasteiger partial charge >= 0.3 is 11.9 Å². The molecule has 0 saturated carbocycles. The summed E-state index contributed by atoms with van der Waals surface area (Å²) in [4.78, 5) is 28.5. The number of hydrogen-bond acceptors (Lipinski definition) is 5. The van der Waals surface area contributed by atoms with E-state index in [0.29, 0.717) is 35.2 Å². The first-order chi connectivity index (χ1) is 14.5. The molecule has 0 aliphatic rings. The van der Waals surface area contributed by atoms with Gasteiger partial charge in [-0.25, -0.2) is 0 Å². The Morgan fingerprint density at radius 3 is 2.27 bits per heavy atom. The lowest BCUT2D eigenvalue weighted by Crippen LogP contribution is -2.19. The Morgan fingerprint density at radius 2 is 1.67 bits per heavy atom. The summed E-state index contributed by atoms with van der Waals surface area (Å²) in [5, 5.41) is 19.6. The number of unbranched alkanes of at least 4 members (excludes halogenated alkanes) is 7. The van der Waals surface area contributed by atoms with Crippen LogP contribution in [-0.2, 0) is 27.5 Å². The molecule has 0 aliphatic heterocycles. The number of carboxylic acids is 1. The van der Waals surface area contributed by atoms with Gasteiger partial charge in [-0.1, -0.05) is 65.2 Å². The van der Waals surface area contributed by atoms with E-state index in [9.17, 15) is 19.8 Å². The first-order valence-corrected chi connectivity index (χ1v) is 11.4. The van der Waals surface area contributed by atoms with E-state index in [1.54, 1.807) is 13.1 Å². The average Bonchev–Trinajstić information content (AvgIpc) is 2.72. The fourth-order valence-corrected chi connectivity index (χ4v) is 3.75. The molecule has 0 spiro atoms. The van der Waals surface area contributed by atoms with Crippen molar-refractivity contribution >= 4 is 11.9 Å². The third kappa shape index (κ3) is 8.82. The van der Waals surface area contributed by atoms with Gasteiger partial charge in [0.1, 0.15) is 6.61 Å². The number of aliphatic carboxylic acids is 1. The van der Waals surface area contributed by atoms with Gasteiger partial charge in [-0.15, -0.1) is 0 Å². The number of esters is 1. The van der Waals surface area contributed by atoms with Crippen LogP contribution in [0.2, 0.25) is 0 Å². The van der Waals surface area contributed by atoms with Gasteiger partial charge in [0.05, 0.1) is 12.5 Å². The van der Waals surface area contributed by atoms with Crippen molar-refractivity contribution in [3.63, 3.8) is 0 Å². The summed E-state index contributed by atoms with van der Waals surface area (Å²) in [5.41, 5.74) is 2.31. The van der Waals surface area contributed by atoms with Crippen LogP contribution in [0.1, 0.15) is 113 Å². The highest BCUT2D eigenvalue weighted by Crippen LogP contribution is 2.31. The molecule has 2 N–H and O–H groups in total. The number of ether oxygens (including phenoxy) is 1. The second-order valence-corrected chi connectivity index (χ2v) is 7.98. The predicted octanol–water partition coefficient (Wildman–Crippen LogP) is 5.42. The number of nitrogens with zero attached hydrogens (tertiary/aromatic N) is 1. The number of carbonyl (C=O) groups is 2. The number of hydrogen-bond donors (Lipinski definition) is 2. The van der Waals surface area contributed by atoms with E-state index in [4.69, 9.17) is 4.74 Å². The quantitative estimate of drug-likeness (QED) is 0.273. The minimum Gasteiger partial charge on any atom is -0.481 e. The van der Waals surface area contributed by atoms with Crippen molar-refractivity contribution in [3.8, 4) is 0 Å². The Hall–Kier alpha value is -1.95. The van der Waals surface area contributed by atoms with Crippen molar-refractivity contribution in [2.75, 3.05) is 0 Å². The molecule has 0 saturated heterocycles. The fourth-order valence-electron chi connectivity index (χ4n) is 3.75. The van der Waals surface area contributed by atoms with Gasteiger partial charge in [-0.05, 0) is 25.3 Å². The van der Waals surface area contributed by atoms with Crippen LogP contribution >= 0.6 is 0 Å². The van der Waals surface area contributed by atoms with Crippen LogP contribution in [-0.4, -0.2) is 27.1 Å². The maximum absolute atomic E-state index is 12.2. The number of carbonyl (C=O) groups excluding carboxylic acids is 1. The van der Waals surface area contributed by atoms with Crippen molar-refractivity contribution in [3.05, 3.63) is 28.6 Å². The lowest BCUT2D eigenvalue weighted by atomic mass is 9.87. The van der Waals surface area contributed by atoms with Crippen LogP contribution in [0.15, 0.2) is 6.20 Å². The number of aryl methyl sites for hydroxylation is 1. The molecule has 1 aromatic heterocycles. The van der Waals surface area contributed by atoms with Crippen LogP contribution in [0.3, 0.4) is 0 Å². The summed E-state index contributed by atoms with van der Waals surface area (Å²) < 4.78 is 5.47. The molecule has 1 heterocycles. The summed E-state index contributed by atoms with van der Waals surface area (Å²) in [6.45, 7) is 5.74. The molecule has 6 nitrogen and oxygen atoms in total. The molecule has 6 heteroatoms. The van der Waals surface area contributed by atoms with Gasteiger partial charge in [0.2, 0.25) is 0 Å². The second-order valence-electron chi connectivity index (χ2n) is 7.98. The summed E-state index contributed by atoms with van der Waals surface area (Å²) in [6, 6.07) is 0. The van der Waals surface area contributed by atoms with Crippen molar-refractivity contribution in [2.45, 2.75) is 111 Å². The SMILES string of the molecule is CCCCCCCC(=O)OCc1c(CO)cnc(C)c1C(CCCCCC)C(=O)O. The largest absolute Gasteiger partial charge is 0.481 e. The monoisotopic (exact) mass is 421 g/mol. The van der Waals surface area contributed by atoms with Crippen molar-refractivity contribution in [1.82, 2.24) is 4.98 Å². The molecule has 0 fully saturated rings. The lowest BCUT2D eigenvalue weighted by Gasteiger charge is -2.21. The molecular weight excluding hydrogens is 382 g/mol. The molecule has 1 aromatic rings. The highest BCUT2D eigenvalue weighted by Gasteiger charge is 2.27. The molecule has 0 aliphatic carbocycles. The molecule has 170 valence electrons. The van der Waals surface area contributed by atoms with Gasteiger partial charge in [0.25, 0.3) is 0 Å². The standard InChI is InChI=1S/C24H39NO5/c1-4-6-8-10-12-14-22(27)30-17-21-19(16-26)15-25-18(3)23(21)20(24(28)29)13-11-9-7-5-2/h15,20,26H,4-14,16-17H2,1-3H3,(H,28,29). The number of carboxylic acid groups (broad SMARTS) is 1. The van der Waals surface area contributed by atoms with Crippen molar-refractivity contribution in [2.24, 2.45) is 0 Å². The molecule has 1 unspecified atom stereocenters. The average molecular weight is 422 g/mol. The van der Waals surface area contributed by atoms with E-state index in [0.717, 1.165) is 51.4 Å². The minimum atomic E-state index is -0.907. The molecule has 0 bridgehead atoms. The summed E-state index contributed by atoms with van der Waals surface area (Å²) in [7, 11) is 0. The van der Waals surface area contributed by atoms with Gasteiger partial charge < -0.3 is 14.9 Å². The highest BCUT2D eigenvalue weighted by molar-refractivity contribution is 5.77. The first kappa shape index (κ1) is 26.1. The topological polar surface area (TPSA) is 96.7 Å². The lowest BCUT2D eigenvalue weighted by molar-refractivity contribution is -0.145. The Morgan fingerprint density at radius 1 is 1.03 bits per heavy atom. The number of aromatic nitrogens is 1. The molecule has 0 radical (unpaired) electrons. The number of rotatable bonds is 16. The molecule has 1 rings (SSSR count). The van der Waals surface area contributed by atoms with E-state index in [2.05, 4.69) is 18.8 Å². The summed E-state index contributed by atoms with van der Waals surface area (Å²) in [6.07, 6.45) is 11.6. The zero-order valence-electron chi connectivity index (χ0n) is 18.9. The van der Waals surface area contributed by atoms with E-state index >= 15 is 0 Å². The van der Waals surface area contributed by atoms with Gasteiger partial charge in [0.15, 0.2) is 0 Å². The predicted molar refractivity (Wildman–Crippen MR) is 117 cm³/mol. The zero-order chi connectivity index (χ0) is 22.4. The van der Waals surface area contributed by atoms with Gasteiger partial charge in [-0.2, -0.15) is 0 Å². The molecule has 0 aromatic carbocycles. The Labute approximate surface area is 181 Å². The fraction of sp³-hybridized carbons (Fsp3) is 0.708. The van der Waals surface area contributed by atoms with E-state index in [-0.39, 0.29) is 19.2 Å². The third-order valence-corrected chi connectivity index (χ3v) is 5.54. The highest BCUT2D eigenvalue weighted by atomic mass is 16.5. The number of aliphatic hydroxyl groups is 1. The molecular formula is C24H39NO5. The maximum Gasteiger partial charge on any atom is 0.311 e. The number of aliphatic hydroxyl groups excluding tert-OH is 1. The number of pyridine rings is 1. The normalized spacial score (nSPS) is 12.0. The summed E-state index contributed by atoms with van der Waals surface area (Å²) >= 11 is 0. The third-order valence-electron chi connectivity index (χ3n) is 5.54. The van der Waals surface area contributed by atoms with Crippen LogP contribution < -0.4 is 0 Å². The van der Waals surface area contributed by atoms with Crippen LogP contribution in [0.4, 0.5) is 0 Å². The Kier molecular flexibility index (Phi) is 13.0. The van der Waals surface area contributed by atoms with Crippen LogP contribution in [0.25, 0.3) is 0 Å².